The highest BCUT2D eigenvalue weighted by atomic mass is 16.3. The Hall–Kier alpha value is -2.31. The predicted octanol–water partition coefficient (Wildman–Crippen LogP) is 1.59. The summed E-state index contributed by atoms with van der Waals surface area (Å²) >= 11 is 0. The molecule has 0 aliphatic carbocycles. The van der Waals surface area contributed by atoms with Crippen molar-refractivity contribution in [2.24, 2.45) is 0 Å². The fourth-order valence-corrected chi connectivity index (χ4v) is 3.36. The molecule has 1 saturated heterocycles. The van der Waals surface area contributed by atoms with Gasteiger partial charge in [0.1, 0.15) is 5.82 Å². The molecular weight excluding hydrogens is 316 g/mol. The summed E-state index contributed by atoms with van der Waals surface area (Å²) in [4.78, 5) is 25.4. The Kier molecular flexibility index (Phi) is 4.83. The third kappa shape index (κ3) is 3.86. The van der Waals surface area contributed by atoms with Crippen molar-refractivity contribution in [2.45, 2.75) is 18.9 Å². The van der Waals surface area contributed by atoms with Gasteiger partial charge in [-0.05, 0) is 27.4 Å². The van der Waals surface area contributed by atoms with E-state index in [1.165, 1.54) is 0 Å². The molecule has 3 rings (SSSR count). The van der Waals surface area contributed by atoms with Gasteiger partial charge in [-0.1, -0.05) is 30.3 Å². The summed E-state index contributed by atoms with van der Waals surface area (Å²) in [6.07, 6.45) is 2.17. The number of amides is 1. The van der Waals surface area contributed by atoms with Crippen molar-refractivity contribution in [3.63, 3.8) is 0 Å². The zero-order valence-electron chi connectivity index (χ0n) is 14.9. The fourth-order valence-electron chi connectivity index (χ4n) is 3.36. The van der Waals surface area contributed by atoms with Crippen LogP contribution in [0.5, 0.6) is 0 Å². The van der Waals surface area contributed by atoms with Crippen molar-refractivity contribution in [1.82, 2.24) is 19.8 Å². The number of likely N-dealkylation sites (tertiary alicyclic amines) is 1. The number of hydrogen-bond donors (Lipinski definition) is 1. The van der Waals surface area contributed by atoms with E-state index in [-0.39, 0.29) is 5.91 Å². The van der Waals surface area contributed by atoms with Gasteiger partial charge >= 0.3 is 0 Å². The van der Waals surface area contributed by atoms with E-state index < -0.39 is 5.60 Å². The predicted molar refractivity (Wildman–Crippen MR) is 96.2 cm³/mol. The molecule has 2 aromatic rings. The maximum absolute atomic E-state index is 13.0. The second-order valence-corrected chi connectivity index (χ2v) is 6.98. The Labute approximate surface area is 148 Å². The third-order valence-corrected chi connectivity index (χ3v) is 4.42. The van der Waals surface area contributed by atoms with Crippen LogP contribution in [0.15, 0.2) is 36.5 Å². The van der Waals surface area contributed by atoms with Gasteiger partial charge in [-0.25, -0.2) is 9.97 Å². The van der Waals surface area contributed by atoms with Crippen LogP contribution in [0.25, 0.3) is 11.3 Å². The lowest BCUT2D eigenvalue weighted by molar-refractivity contribution is 0.0236. The quantitative estimate of drug-likeness (QED) is 0.915. The summed E-state index contributed by atoms with van der Waals surface area (Å²) < 4.78 is 0. The molecule has 132 valence electrons. The molecule has 0 bridgehead atoms. The van der Waals surface area contributed by atoms with Crippen LogP contribution in [0.4, 0.5) is 0 Å². The molecule has 6 heteroatoms. The van der Waals surface area contributed by atoms with Gasteiger partial charge in [0.05, 0.1) is 23.4 Å². The van der Waals surface area contributed by atoms with E-state index in [0.717, 1.165) is 5.56 Å². The van der Waals surface area contributed by atoms with Crippen molar-refractivity contribution in [2.75, 3.05) is 33.7 Å². The topological polar surface area (TPSA) is 69.6 Å². The third-order valence-electron chi connectivity index (χ3n) is 4.42. The van der Waals surface area contributed by atoms with Crippen LogP contribution in [0.3, 0.4) is 0 Å². The van der Waals surface area contributed by atoms with E-state index in [2.05, 4.69) is 9.97 Å². The van der Waals surface area contributed by atoms with E-state index in [0.29, 0.717) is 43.1 Å². The molecule has 25 heavy (non-hydrogen) atoms. The number of likely N-dealkylation sites (N-methyl/N-ethyl adjacent to an activating group) is 1. The molecule has 1 fully saturated rings. The van der Waals surface area contributed by atoms with Gasteiger partial charge in [-0.15, -0.1) is 0 Å². The van der Waals surface area contributed by atoms with Crippen LogP contribution in [0, 0.1) is 6.92 Å². The first-order chi connectivity index (χ1) is 11.9. The molecule has 1 aliphatic rings. The number of aryl methyl sites for hydroxylation is 1. The van der Waals surface area contributed by atoms with Gasteiger partial charge in [0, 0.05) is 24.8 Å². The van der Waals surface area contributed by atoms with Gasteiger partial charge in [0.25, 0.3) is 5.91 Å². The Morgan fingerprint density at radius 2 is 2.04 bits per heavy atom. The summed E-state index contributed by atoms with van der Waals surface area (Å²) in [5, 5.41) is 10.7. The average Bonchev–Trinajstić information content (AvgIpc) is 2.96. The van der Waals surface area contributed by atoms with Crippen LogP contribution < -0.4 is 0 Å². The molecule has 6 nitrogen and oxygen atoms in total. The van der Waals surface area contributed by atoms with Crippen molar-refractivity contribution in [1.29, 1.82) is 0 Å². The van der Waals surface area contributed by atoms with Crippen molar-refractivity contribution >= 4 is 5.91 Å². The van der Waals surface area contributed by atoms with E-state index in [9.17, 15) is 9.90 Å². The van der Waals surface area contributed by atoms with E-state index in [1.807, 2.05) is 56.3 Å². The first-order valence-corrected chi connectivity index (χ1v) is 8.43. The number of benzene rings is 1. The number of aliphatic hydroxyl groups is 1. The molecule has 1 aromatic heterocycles. The van der Waals surface area contributed by atoms with Crippen LogP contribution in [-0.4, -0.2) is 70.1 Å². The van der Waals surface area contributed by atoms with Gasteiger partial charge in [-0.3, -0.25) is 4.79 Å². The highest BCUT2D eigenvalue weighted by Crippen LogP contribution is 2.27. The number of nitrogens with zero attached hydrogens (tertiary/aromatic N) is 4. The maximum Gasteiger partial charge on any atom is 0.257 e. The number of β-amino-alcohol motifs (C(OH)–C–C–N with tert-alkyl or cyclic N) is 1. The molecule has 1 amide bonds. The van der Waals surface area contributed by atoms with Crippen LogP contribution in [0.2, 0.25) is 0 Å². The second kappa shape index (κ2) is 6.90. The first kappa shape index (κ1) is 17.5. The SMILES string of the molecule is Cc1ncc(C(=O)N2CC[C@@](O)(CN(C)C)C2)c(-c2ccccc2)n1. The molecule has 0 unspecified atom stereocenters. The van der Waals surface area contributed by atoms with Crippen LogP contribution in [-0.2, 0) is 0 Å². The molecule has 1 aliphatic heterocycles. The Balaban J connectivity index is 1.89. The van der Waals surface area contributed by atoms with Gasteiger partial charge < -0.3 is 14.9 Å². The second-order valence-electron chi connectivity index (χ2n) is 6.98. The zero-order chi connectivity index (χ0) is 18.0. The summed E-state index contributed by atoms with van der Waals surface area (Å²) in [7, 11) is 3.84. The van der Waals surface area contributed by atoms with Crippen LogP contribution in [0.1, 0.15) is 22.6 Å². The lowest BCUT2D eigenvalue weighted by Crippen LogP contribution is -2.43. The van der Waals surface area contributed by atoms with E-state index in [4.69, 9.17) is 0 Å². The summed E-state index contributed by atoms with van der Waals surface area (Å²) in [6.45, 7) is 3.20. The zero-order valence-corrected chi connectivity index (χ0v) is 14.9. The Bertz CT molecular complexity index is 763. The van der Waals surface area contributed by atoms with Gasteiger partial charge in [-0.2, -0.15) is 0 Å². The molecule has 0 saturated carbocycles. The van der Waals surface area contributed by atoms with E-state index in [1.54, 1.807) is 11.1 Å². The monoisotopic (exact) mass is 340 g/mol. The van der Waals surface area contributed by atoms with Crippen molar-refractivity contribution < 1.29 is 9.90 Å². The van der Waals surface area contributed by atoms with Crippen LogP contribution >= 0.6 is 0 Å². The molecule has 1 aromatic carbocycles. The van der Waals surface area contributed by atoms with Gasteiger partial charge in [0.15, 0.2) is 0 Å². The fraction of sp³-hybridized carbons (Fsp3) is 0.421. The number of hydrogen-bond acceptors (Lipinski definition) is 5. The molecule has 2 heterocycles. The minimum atomic E-state index is -0.863. The molecule has 1 atom stereocenters. The highest BCUT2D eigenvalue weighted by molar-refractivity contribution is 5.99. The standard InChI is InChI=1S/C19H24N4O2/c1-14-20-11-16(17(21-14)15-7-5-4-6-8-15)18(24)23-10-9-19(25,13-23)12-22(2)3/h4-8,11,25H,9-10,12-13H2,1-3H3/t19-/m1/s1. The smallest absolute Gasteiger partial charge is 0.257 e. The largest absolute Gasteiger partial charge is 0.387 e. The summed E-state index contributed by atoms with van der Waals surface area (Å²) in [5.41, 5.74) is 1.14. The molecule has 1 N–H and O–H groups in total. The minimum Gasteiger partial charge on any atom is -0.387 e. The number of carbonyl (C=O) groups excluding carboxylic acids is 1. The molecule has 0 spiro atoms. The number of rotatable bonds is 4. The normalized spacial score (nSPS) is 20.3. The summed E-state index contributed by atoms with van der Waals surface area (Å²) in [5.74, 6) is 0.495. The lowest BCUT2D eigenvalue weighted by atomic mass is 10.0. The van der Waals surface area contributed by atoms with Crippen molar-refractivity contribution in [3.05, 3.63) is 47.9 Å². The maximum atomic E-state index is 13.0. The summed E-state index contributed by atoms with van der Waals surface area (Å²) in [6, 6.07) is 9.65. The van der Waals surface area contributed by atoms with E-state index >= 15 is 0 Å². The Morgan fingerprint density at radius 1 is 1.32 bits per heavy atom. The van der Waals surface area contributed by atoms with Gasteiger partial charge in [0.2, 0.25) is 0 Å². The highest BCUT2D eigenvalue weighted by Gasteiger charge is 2.39. The molecule has 0 radical (unpaired) electrons. The molecular formula is C19H24N4O2. The number of aromatic nitrogens is 2. The Morgan fingerprint density at radius 3 is 2.72 bits per heavy atom. The number of carbonyl (C=O) groups is 1. The first-order valence-electron chi connectivity index (χ1n) is 8.43. The minimum absolute atomic E-state index is 0.131. The average molecular weight is 340 g/mol. The lowest BCUT2D eigenvalue weighted by Gasteiger charge is -2.26. The van der Waals surface area contributed by atoms with Crippen molar-refractivity contribution in [3.8, 4) is 11.3 Å².